The van der Waals surface area contributed by atoms with Crippen LogP contribution in [0.4, 0.5) is 10.5 Å². The third-order valence-corrected chi connectivity index (χ3v) is 1.52. The van der Waals surface area contributed by atoms with Gasteiger partial charge >= 0.3 is 6.09 Å². The van der Waals surface area contributed by atoms with E-state index in [4.69, 9.17) is 11.3 Å². The molecule has 1 aromatic rings. The molecule has 3 N–H and O–H groups in total. The predicted octanol–water partition coefficient (Wildman–Crippen LogP) is 1.46. The first-order chi connectivity index (χ1) is 6.74. The number of nitrogens with one attached hydrogen (secondary N) is 1. The Bertz CT molecular complexity index is 385. The Kier molecular flexibility index (Phi) is 3.34. The van der Waals surface area contributed by atoms with Crippen molar-refractivity contribution < 1.29 is 9.53 Å². The van der Waals surface area contributed by atoms with Gasteiger partial charge in [-0.1, -0.05) is 18.2 Å². The maximum Gasteiger partial charge on any atom is 0.404 e. The lowest BCUT2D eigenvalue weighted by Crippen LogP contribution is -2.12. The summed E-state index contributed by atoms with van der Waals surface area (Å²) in [4.78, 5) is 13.2. The van der Waals surface area contributed by atoms with E-state index in [1.54, 1.807) is 24.3 Å². The van der Waals surface area contributed by atoms with Crippen molar-refractivity contribution in [2.24, 2.45) is 10.8 Å². The van der Waals surface area contributed by atoms with E-state index in [1.807, 2.05) is 0 Å². The van der Waals surface area contributed by atoms with Crippen LogP contribution in [0.15, 0.2) is 29.4 Å². The van der Waals surface area contributed by atoms with E-state index in [-0.39, 0.29) is 6.61 Å². The molecule has 1 rings (SSSR count). The maximum absolute atomic E-state index is 10.4. The molecule has 0 heterocycles. The minimum absolute atomic E-state index is 0.0323. The van der Waals surface area contributed by atoms with E-state index in [9.17, 15) is 4.79 Å². The number of hydrogen-bond donors (Lipinski definition) is 2. The van der Waals surface area contributed by atoms with E-state index in [1.165, 1.54) is 0 Å². The van der Waals surface area contributed by atoms with Crippen LogP contribution in [0.3, 0.4) is 0 Å². The molecule has 0 aliphatic rings. The van der Waals surface area contributed by atoms with Gasteiger partial charge in [0.2, 0.25) is 4.91 Å². The second kappa shape index (κ2) is 4.74. The topological polar surface area (TPSA) is 103 Å². The lowest BCUT2D eigenvalue weighted by atomic mass is 10.2. The molecule has 14 heavy (non-hydrogen) atoms. The summed E-state index contributed by atoms with van der Waals surface area (Å²) >= 11 is 0. The Morgan fingerprint density at radius 1 is 1.57 bits per heavy atom. The van der Waals surface area contributed by atoms with Gasteiger partial charge < -0.3 is 10.5 Å². The Morgan fingerprint density at radius 3 is 2.93 bits per heavy atom. The Labute approximate surface area is 79.9 Å². The van der Waals surface area contributed by atoms with Crippen LogP contribution < -0.4 is 10.6 Å². The minimum atomic E-state index is -0.845. The number of benzene rings is 1. The van der Waals surface area contributed by atoms with Crippen LogP contribution in [0.1, 0.15) is 5.56 Å². The van der Waals surface area contributed by atoms with E-state index >= 15 is 0 Å². The Hall–Kier alpha value is -2.20. The van der Waals surface area contributed by atoms with E-state index in [0.29, 0.717) is 11.3 Å². The number of carbonyl (C=O) groups excluding carboxylic acids is 1. The quantitative estimate of drug-likeness (QED) is 0.560. The molecule has 72 valence electrons. The molecular weight excluding hydrogens is 184 g/mol. The number of carbonyl (C=O) groups is 1. The number of ether oxygens (including phenoxy) is 1. The van der Waals surface area contributed by atoms with Gasteiger partial charge in [-0.05, 0) is 6.07 Å². The molecule has 6 heteroatoms. The molecule has 0 aromatic heterocycles. The molecule has 0 aliphatic carbocycles. The molecule has 1 aromatic carbocycles. The van der Waals surface area contributed by atoms with E-state index in [2.05, 4.69) is 14.8 Å². The number of nitrogens with zero attached hydrogens (tertiary/aromatic N) is 2. The summed E-state index contributed by atoms with van der Waals surface area (Å²) in [5.41, 5.74) is 12.5. The molecule has 0 spiro atoms. The van der Waals surface area contributed by atoms with Crippen LogP contribution in [-0.4, -0.2) is 6.09 Å². The van der Waals surface area contributed by atoms with Gasteiger partial charge in [0.1, 0.15) is 12.1 Å². The van der Waals surface area contributed by atoms with Crippen molar-refractivity contribution in [2.75, 3.05) is 0 Å². The molecule has 0 saturated carbocycles. The molecule has 0 atom stereocenters. The third kappa shape index (κ3) is 2.69. The fraction of sp³-hybridized carbons (Fsp3) is 0.125. The van der Waals surface area contributed by atoms with Gasteiger partial charge in [0.05, 0.1) is 0 Å². The molecule has 6 nitrogen and oxygen atoms in total. The van der Waals surface area contributed by atoms with Gasteiger partial charge in [0.25, 0.3) is 0 Å². The van der Waals surface area contributed by atoms with Crippen molar-refractivity contribution in [3.8, 4) is 0 Å². The van der Waals surface area contributed by atoms with E-state index in [0.717, 1.165) is 0 Å². The van der Waals surface area contributed by atoms with Crippen molar-refractivity contribution in [2.45, 2.75) is 6.61 Å². The summed E-state index contributed by atoms with van der Waals surface area (Å²) in [6.45, 7) is 0.0323. The Morgan fingerprint density at radius 2 is 2.29 bits per heavy atom. The monoisotopic (exact) mass is 193 g/mol. The van der Waals surface area contributed by atoms with Crippen LogP contribution in [0.5, 0.6) is 0 Å². The Balaban J connectivity index is 2.84. The first kappa shape index (κ1) is 9.88. The molecule has 0 aliphatic heterocycles. The van der Waals surface area contributed by atoms with E-state index < -0.39 is 6.09 Å². The fourth-order valence-electron chi connectivity index (χ4n) is 0.933. The number of primary amides is 1. The largest absolute Gasteiger partial charge is 0.445 e. The molecule has 0 radical (unpaired) electrons. The van der Waals surface area contributed by atoms with Crippen LogP contribution in [0, 0.1) is 5.53 Å². The van der Waals surface area contributed by atoms with Crippen LogP contribution >= 0.6 is 0 Å². The smallest absolute Gasteiger partial charge is 0.404 e. The third-order valence-electron chi connectivity index (χ3n) is 1.52. The summed E-state index contributed by atoms with van der Waals surface area (Å²) < 4.78 is 4.59. The van der Waals surface area contributed by atoms with Crippen LogP contribution in [0.2, 0.25) is 0 Å². The lowest BCUT2D eigenvalue weighted by molar-refractivity contribution is 0.150. The summed E-state index contributed by atoms with van der Waals surface area (Å²) in [6.07, 6.45) is -0.845. The highest BCUT2D eigenvalue weighted by atomic mass is 16.5. The van der Waals surface area contributed by atoms with Crippen molar-refractivity contribution in [3.05, 3.63) is 29.8 Å². The van der Waals surface area contributed by atoms with Gasteiger partial charge in [-0.2, -0.15) is 0 Å². The SMILES string of the molecule is N=[N+]=Nc1ccccc1COC(N)=O. The maximum atomic E-state index is 10.4. The molecular formula is C8H9N4O2+. The van der Waals surface area contributed by atoms with Crippen molar-refractivity contribution in [1.29, 1.82) is 5.53 Å². The van der Waals surface area contributed by atoms with Gasteiger partial charge in [0.15, 0.2) is 10.8 Å². The molecule has 0 bridgehead atoms. The fourth-order valence-corrected chi connectivity index (χ4v) is 0.933. The van der Waals surface area contributed by atoms with Crippen molar-refractivity contribution in [1.82, 2.24) is 4.91 Å². The average Bonchev–Trinajstić information content (AvgIpc) is 2.17. The minimum Gasteiger partial charge on any atom is -0.445 e. The van der Waals surface area contributed by atoms with Crippen LogP contribution in [0.25, 0.3) is 0 Å². The normalized spacial score (nSPS) is 8.86. The first-order valence-electron chi connectivity index (χ1n) is 3.81. The second-order valence-electron chi connectivity index (χ2n) is 2.44. The number of rotatable bonds is 3. The number of nitrogens with two attached hydrogens (primary N) is 1. The highest BCUT2D eigenvalue weighted by molar-refractivity contribution is 5.64. The molecule has 0 fully saturated rings. The average molecular weight is 193 g/mol. The summed E-state index contributed by atoms with van der Waals surface area (Å²) in [6, 6.07) is 6.89. The van der Waals surface area contributed by atoms with Gasteiger partial charge in [-0.15, -0.1) is 0 Å². The lowest BCUT2D eigenvalue weighted by Gasteiger charge is -2.01. The zero-order chi connectivity index (χ0) is 10.4. The summed E-state index contributed by atoms with van der Waals surface area (Å²) in [5.74, 6) is 0. The summed E-state index contributed by atoms with van der Waals surface area (Å²) in [7, 11) is 0. The summed E-state index contributed by atoms with van der Waals surface area (Å²) in [5, 5.41) is 3.54. The van der Waals surface area contributed by atoms with Crippen molar-refractivity contribution >= 4 is 11.8 Å². The zero-order valence-corrected chi connectivity index (χ0v) is 7.30. The highest BCUT2D eigenvalue weighted by Crippen LogP contribution is 2.18. The molecule has 0 saturated heterocycles. The standard InChI is InChI=1S/C8H8N4O2/c9-8(13)14-5-6-3-1-2-4-7(6)11-12-10/h1-4,10H,5H2,(H-,9,13)/p+1. The predicted molar refractivity (Wildman–Crippen MR) is 47.8 cm³/mol. The first-order valence-corrected chi connectivity index (χ1v) is 3.81. The number of hydrogen-bond acceptors (Lipinski definition) is 4. The molecule has 1 amide bonds. The van der Waals surface area contributed by atoms with Crippen LogP contribution in [-0.2, 0) is 11.3 Å². The van der Waals surface area contributed by atoms with Crippen molar-refractivity contribution in [3.63, 3.8) is 0 Å². The van der Waals surface area contributed by atoms with Gasteiger partial charge in [-0.3, -0.25) is 0 Å². The zero-order valence-electron chi connectivity index (χ0n) is 7.30. The number of amides is 1. The van der Waals surface area contributed by atoms with Gasteiger partial charge in [-0.25, -0.2) is 4.79 Å². The van der Waals surface area contributed by atoms with Gasteiger partial charge in [0, 0.05) is 5.56 Å². The second-order valence-corrected chi connectivity index (χ2v) is 2.44. The molecule has 0 unspecified atom stereocenters. The highest BCUT2D eigenvalue weighted by Gasteiger charge is 2.05.